The highest BCUT2D eigenvalue weighted by Crippen LogP contribution is 2.13. The highest BCUT2D eigenvalue weighted by atomic mass is 16.4. The van der Waals surface area contributed by atoms with Gasteiger partial charge < -0.3 is 15.3 Å². The van der Waals surface area contributed by atoms with Gasteiger partial charge in [0.25, 0.3) is 0 Å². The van der Waals surface area contributed by atoms with Crippen molar-refractivity contribution in [1.82, 2.24) is 10.2 Å². The third-order valence-electron chi connectivity index (χ3n) is 2.42. The monoisotopic (exact) mass is 230 g/mol. The quantitative estimate of drug-likeness (QED) is 0.727. The summed E-state index contributed by atoms with van der Waals surface area (Å²) in [5, 5.41) is 11.5. The molecule has 0 aliphatic heterocycles. The number of rotatable bonds is 6. The molecule has 94 valence electrons. The molecule has 2 amide bonds. The van der Waals surface area contributed by atoms with E-state index in [9.17, 15) is 9.59 Å². The summed E-state index contributed by atoms with van der Waals surface area (Å²) in [6.07, 6.45) is 0.892. The van der Waals surface area contributed by atoms with E-state index in [1.807, 2.05) is 13.8 Å². The van der Waals surface area contributed by atoms with Crippen molar-refractivity contribution in [3.8, 4) is 0 Å². The maximum atomic E-state index is 11.7. The molecule has 2 N–H and O–H groups in total. The molecular formula is C11H22N2O3. The Morgan fingerprint density at radius 3 is 2.25 bits per heavy atom. The Hall–Kier alpha value is -1.26. The van der Waals surface area contributed by atoms with Crippen LogP contribution >= 0.6 is 0 Å². The number of aliphatic carboxylic acids is 1. The Bertz CT molecular complexity index is 252. The highest BCUT2D eigenvalue weighted by Gasteiger charge is 2.28. The molecule has 5 nitrogen and oxygen atoms in total. The van der Waals surface area contributed by atoms with Gasteiger partial charge in [0, 0.05) is 19.6 Å². The van der Waals surface area contributed by atoms with Crippen LogP contribution in [0.4, 0.5) is 4.79 Å². The van der Waals surface area contributed by atoms with E-state index in [-0.39, 0.29) is 12.6 Å². The molecule has 0 rings (SSSR count). The van der Waals surface area contributed by atoms with E-state index in [1.54, 1.807) is 18.7 Å². The Labute approximate surface area is 96.8 Å². The Morgan fingerprint density at radius 2 is 1.88 bits per heavy atom. The number of nitrogens with one attached hydrogen (secondary N) is 1. The van der Waals surface area contributed by atoms with Crippen LogP contribution in [0.2, 0.25) is 0 Å². The third-order valence-corrected chi connectivity index (χ3v) is 2.42. The Morgan fingerprint density at radius 1 is 1.31 bits per heavy atom. The van der Waals surface area contributed by atoms with Gasteiger partial charge in [0.1, 0.15) is 0 Å². The molecule has 0 saturated heterocycles. The number of carboxylic acids is 1. The van der Waals surface area contributed by atoms with Crippen LogP contribution in [-0.4, -0.2) is 41.6 Å². The standard InChI is InChI=1S/C11H22N2O3/c1-5-7-13(6-2)10(16)12-8-11(3,4)9(14)15/h5-8H2,1-4H3,(H,12,16)(H,14,15). The summed E-state index contributed by atoms with van der Waals surface area (Å²) in [7, 11) is 0. The van der Waals surface area contributed by atoms with Crippen molar-refractivity contribution in [3.63, 3.8) is 0 Å². The van der Waals surface area contributed by atoms with Gasteiger partial charge in [-0.1, -0.05) is 6.92 Å². The van der Waals surface area contributed by atoms with Gasteiger partial charge in [0.2, 0.25) is 0 Å². The van der Waals surface area contributed by atoms with Crippen molar-refractivity contribution in [2.24, 2.45) is 5.41 Å². The van der Waals surface area contributed by atoms with Crippen LogP contribution in [0.3, 0.4) is 0 Å². The second kappa shape index (κ2) is 6.35. The fourth-order valence-electron chi connectivity index (χ4n) is 1.16. The number of urea groups is 1. The summed E-state index contributed by atoms with van der Waals surface area (Å²) < 4.78 is 0. The average molecular weight is 230 g/mol. The van der Waals surface area contributed by atoms with Crippen LogP contribution in [0.1, 0.15) is 34.1 Å². The van der Waals surface area contributed by atoms with Crippen LogP contribution in [0.15, 0.2) is 0 Å². The second-order valence-electron chi connectivity index (χ2n) is 4.43. The molecule has 0 radical (unpaired) electrons. The lowest BCUT2D eigenvalue weighted by atomic mass is 9.94. The number of hydrogen-bond acceptors (Lipinski definition) is 2. The molecule has 0 aromatic rings. The smallest absolute Gasteiger partial charge is 0.317 e. The fraction of sp³-hybridized carbons (Fsp3) is 0.818. The fourth-order valence-corrected chi connectivity index (χ4v) is 1.16. The molecule has 0 saturated carbocycles. The average Bonchev–Trinajstić information content (AvgIpc) is 2.22. The molecule has 5 heteroatoms. The van der Waals surface area contributed by atoms with Gasteiger partial charge in [-0.05, 0) is 27.2 Å². The first-order chi connectivity index (χ1) is 7.35. The van der Waals surface area contributed by atoms with Crippen LogP contribution in [-0.2, 0) is 4.79 Å². The zero-order valence-corrected chi connectivity index (χ0v) is 10.5. The maximum absolute atomic E-state index is 11.7. The first-order valence-electron chi connectivity index (χ1n) is 5.61. The third kappa shape index (κ3) is 4.51. The molecule has 0 aliphatic rings. The lowest BCUT2D eigenvalue weighted by Gasteiger charge is -2.24. The van der Waals surface area contributed by atoms with Crippen molar-refractivity contribution in [3.05, 3.63) is 0 Å². The summed E-state index contributed by atoms with van der Waals surface area (Å²) in [6, 6.07) is -0.196. The SMILES string of the molecule is CCCN(CC)C(=O)NCC(C)(C)C(=O)O. The molecule has 0 aromatic heterocycles. The zero-order chi connectivity index (χ0) is 12.8. The lowest BCUT2D eigenvalue weighted by Crippen LogP contribution is -2.45. The minimum Gasteiger partial charge on any atom is -0.481 e. The largest absolute Gasteiger partial charge is 0.481 e. The lowest BCUT2D eigenvalue weighted by molar-refractivity contribution is -0.146. The molecule has 0 heterocycles. The minimum absolute atomic E-state index is 0.140. The van der Waals surface area contributed by atoms with Crippen molar-refractivity contribution in [1.29, 1.82) is 0 Å². The summed E-state index contributed by atoms with van der Waals surface area (Å²) in [5.74, 6) is -0.911. The first-order valence-corrected chi connectivity index (χ1v) is 5.61. The van der Waals surface area contributed by atoms with Gasteiger partial charge in [0.05, 0.1) is 5.41 Å². The maximum Gasteiger partial charge on any atom is 0.317 e. The van der Waals surface area contributed by atoms with E-state index in [0.29, 0.717) is 13.1 Å². The number of carbonyl (C=O) groups excluding carboxylic acids is 1. The van der Waals surface area contributed by atoms with Crippen LogP contribution in [0, 0.1) is 5.41 Å². The van der Waals surface area contributed by atoms with E-state index in [2.05, 4.69) is 5.32 Å². The zero-order valence-electron chi connectivity index (χ0n) is 10.5. The van der Waals surface area contributed by atoms with E-state index in [4.69, 9.17) is 5.11 Å². The topological polar surface area (TPSA) is 69.6 Å². The minimum atomic E-state index is -0.929. The molecule has 0 atom stereocenters. The van der Waals surface area contributed by atoms with Gasteiger partial charge in [-0.3, -0.25) is 4.79 Å². The van der Waals surface area contributed by atoms with E-state index in [0.717, 1.165) is 6.42 Å². The number of nitrogens with zero attached hydrogens (tertiary/aromatic N) is 1. The van der Waals surface area contributed by atoms with Crippen LogP contribution in [0.25, 0.3) is 0 Å². The van der Waals surface area contributed by atoms with Crippen LogP contribution < -0.4 is 5.32 Å². The molecule has 0 spiro atoms. The molecule has 0 bridgehead atoms. The number of carbonyl (C=O) groups is 2. The summed E-state index contributed by atoms with van der Waals surface area (Å²) >= 11 is 0. The molecule has 16 heavy (non-hydrogen) atoms. The number of carboxylic acid groups (broad SMARTS) is 1. The van der Waals surface area contributed by atoms with Gasteiger partial charge >= 0.3 is 12.0 Å². The highest BCUT2D eigenvalue weighted by molar-refractivity contribution is 5.77. The molecular weight excluding hydrogens is 208 g/mol. The predicted molar refractivity (Wildman–Crippen MR) is 62.4 cm³/mol. The molecule has 0 aromatic carbocycles. The van der Waals surface area contributed by atoms with E-state index >= 15 is 0 Å². The van der Waals surface area contributed by atoms with Gasteiger partial charge in [-0.25, -0.2) is 4.79 Å². The molecule has 0 aliphatic carbocycles. The van der Waals surface area contributed by atoms with Crippen molar-refractivity contribution >= 4 is 12.0 Å². The van der Waals surface area contributed by atoms with Gasteiger partial charge in [0.15, 0.2) is 0 Å². The van der Waals surface area contributed by atoms with Crippen molar-refractivity contribution < 1.29 is 14.7 Å². The second-order valence-corrected chi connectivity index (χ2v) is 4.43. The van der Waals surface area contributed by atoms with E-state index in [1.165, 1.54) is 0 Å². The number of amides is 2. The number of hydrogen-bond donors (Lipinski definition) is 2. The molecule has 0 unspecified atom stereocenters. The summed E-state index contributed by atoms with van der Waals surface area (Å²) in [4.78, 5) is 24.2. The first kappa shape index (κ1) is 14.7. The molecule has 0 fully saturated rings. The predicted octanol–water partition coefficient (Wildman–Crippen LogP) is 1.54. The van der Waals surface area contributed by atoms with E-state index < -0.39 is 11.4 Å². The normalized spacial score (nSPS) is 11.0. The Kier molecular flexibility index (Phi) is 5.85. The van der Waals surface area contributed by atoms with Gasteiger partial charge in [-0.2, -0.15) is 0 Å². The summed E-state index contributed by atoms with van der Waals surface area (Å²) in [5.41, 5.74) is -0.929. The van der Waals surface area contributed by atoms with Crippen molar-refractivity contribution in [2.45, 2.75) is 34.1 Å². The van der Waals surface area contributed by atoms with Crippen molar-refractivity contribution in [2.75, 3.05) is 19.6 Å². The van der Waals surface area contributed by atoms with Crippen LogP contribution in [0.5, 0.6) is 0 Å². The Balaban J connectivity index is 4.19. The summed E-state index contributed by atoms with van der Waals surface area (Å²) in [6.45, 7) is 8.54. The van der Waals surface area contributed by atoms with Gasteiger partial charge in [-0.15, -0.1) is 0 Å².